The summed E-state index contributed by atoms with van der Waals surface area (Å²) in [5.74, 6) is -0.308. The first-order chi connectivity index (χ1) is 9.32. The van der Waals surface area contributed by atoms with Gasteiger partial charge in [0.05, 0.1) is 4.90 Å². The summed E-state index contributed by atoms with van der Waals surface area (Å²) in [4.78, 5) is 23.1. The van der Waals surface area contributed by atoms with Crippen molar-refractivity contribution >= 4 is 15.8 Å². The molecule has 1 aromatic carbocycles. The van der Waals surface area contributed by atoms with Crippen LogP contribution < -0.4 is 5.56 Å². The zero-order valence-corrected chi connectivity index (χ0v) is 11.8. The molecule has 0 aliphatic carbocycles. The van der Waals surface area contributed by atoms with Crippen molar-refractivity contribution in [1.82, 2.24) is 3.97 Å². The van der Waals surface area contributed by atoms with Crippen LogP contribution in [0, 0.1) is 6.92 Å². The number of aromatic nitrogens is 1. The molecule has 0 bridgehead atoms. The summed E-state index contributed by atoms with van der Waals surface area (Å²) in [5.41, 5.74) is 0.379. The Morgan fingerprint density at radius 3 is 2.20 bits per heavy atom. The summed E-state index contributed by atoms with van der Waals surface area (Å²) in [6.07, 6.45) is 1.06. The van der Waals surface area contributed by atoms with Crippen molar-refractivity contribution in [2.75, 3.05) is 0 Å². The Morgan fingerprint density at radius 1 is 1.05 bits per heavy atom. The number of carbonyl (C=O) groups is 1. The van der Waals surface area contributed by atoms with Crippen molar-refractivity contribution in [3.63, 3.8) is 0 Å². The molecule has 0 atom stereocenters. The van der Waals surface area contributed by atoms with Crippen LogP contribution in [0.1, 0.15) is 22.8 Å². The van der Waals surface area contributed by atoms with Crippen LogP contribution in [0.15, 0.2) is 52.3 Å². The van der Waals surface area contributed by atoms with Gasteiger partial charge in [-0.15, -0.1) is 0 Å². The fourth-order valence-corrected chi connectivity index (χ4v) is 2.94. The molecule has 2 aromatic rings. The topological polar surface area (TPSA) is 73.2 Å². The van der Waals surface area contributed by atoms with Gasteiger partial charge in [0.2, 0.25) is 0 Å². The van der Waals surface area contributed by atoms with Crippen molar-refractivity contribution in [1.29, 1.82) is 0 Å². The minimum atomic E-state index is -3.99. The van der Waals surface area contributed by atoms with E-state index in [0.29, 0.717) is 3.97 Å². The van der Waals surface area contributed by atoms with E-state index in [1.54, 1.807) is 12.1 Å². The molecule has 1 heterocycles. The highest BCUT2D eigenvalue weighted by Crippen LogP contribution is 2.13. The SMILES string of the molecule is CC(=O)c1ccc(=O)n(S(=O)(=O)c2ccc(C)cc2)c1. The third-order valence-electron chi connectivity index (χ3n) is 2.86. The number of ketones is 1. The van der Waals surface area contributed by atoms with Crippen LogP contribution in [0.25, 0.3) is 0 Å². The highest BCUT2D eigenvalue weighted by atomic mass is 32.2. The van der Waals surface area contributed by atoms with E-state index in [4.69, 9.17) is 0 Å². The van der Waals surface area contributed by atoms with Crippen LogP contribution >= 0.6 is 0 Å². The van der Waals surface area contributed by atoms with Crippen molar-refractivity contribution in [2.45, 2.75) is 18.7 Å². The Labute approximate surface area is 116 Å². The van der Waals surface area contributed by atoms with E-state index >= 15 is 0 Å². The molecule has 0 aliphatic heterocycles. The Kier molecular flexibility index (Phi) is 3.59. The normalized spacial score (nSPS) is 11.3. The van der Waals surface area contributed by atoms with E-state index in [1.807, 2.05) is 6.92 Å². The lowest BCUT2D eigenvalue weighted by molar-refractivity contribution is 0.101. The van der Waals surface area contributed by atoms with Crippen LogP contribution in [0.5, 0.6) is 0 Å². The fraction of sp³-hybridized carbons (Fsp3) is 0.143. The Balaban J connectivity index is 2.66. The summed E-state index contributed by atoms with van der Waals surface area (Å²) in [7, 11) is -3.99. The van der Waals surface area contributed by atoms with Gasteiger partial charge in [-0.05, 0) is 32.0 Å². The molecular formula is C14H13NO4S. The number of aryl methyl sites for hydroxylation is 1. The van der Waals surface area contributed by atoms with Gasteiger partial charge in [-0.2, -0.15) is 0 Å². The summed E-state index contributed by atoms with van der Waals surface area (Å²) in [6.45, 7) is 3.14. The molecule has 0 aliphatic rings. The number of carbonyl (C=O) groups excluding carboxylic acids is 1. The largest absolute Gasteiger partial charge is 0.294 e. The second-order valence-corrected chi connectivity index (χ2v) is 6.24. The third kappa shape index (κ3) is 2.55. The number of hydrogen-bond acceptors (Lipinski definition) is 4. The molecule has 0 radical (unpaired) electrons. The van der Waals surface area contributed by atoms with Crippen LogP contribution in [-0.4, -0.2) is 18.2 Å². The van der Waals surface area contributed by atoms with Crippen LogP contribution in [0.3, 0.4) is 0 Å². The molecule has 104 valence electrons. The van der Waals surface area contributed by atoms with Gasteiger partial charge < -0.3 is 0 Å². The molecular weight excluding hydrogens is 278 g/mol. The minimum Gasteiger partial charge on any atom is -0.294 e. The Bertz CT molecular complexity index is 817. The van der Waals surface area contributed by atoms with E-state index in [-0.39, 0.29) is 16.2 Å². The molecule has 0 unspecified atom stereocenters. The first-order valence-corrected chi connectivity index (χ1v) is 7.32. The van der Waals surface area contributed by atoms with Gasteiger partial charge in [0.1, 0.15) is 0 Å². The molecule has 5 nitrogen and oxygen atoms in total. The molecule has 0 N–H and O–H groups in total. The first-order valence-electron chi connectivity index (χ1n) is 5.88. The van der Waals surface area contributed by atoms with Crippen molar-refractivity contribution in [3.8, 4) is 0 Å². The molecule has 0 saturated carbocycles. The predicted molar refractivity (Wildman–Crippen MR) is 74.5 cm³/mol. The zero-order valence-electron chi connectivity index (χ0n) is 11.0. The number of nitrogens with zero attached hydrogens (tertiary/aromatic N) is 1. The molecule has 0 amide bonds. The van der Waals surface area contributed by atoms with Gasteiger partial charge in [0.15, 0.2) is 5.78 Å². The van der Waals surface area contributed by atoms with E-state index < -0.39 is 15.6 Å². The van der Waals surface area contributed by atoms with Gasteiger partial charge in [-0.1, -0.05) is 17.7 Å². The molecule has 6 heteroatoms. The van der Waals surface area contributed by atoms with Crippen LogP contribution in [0.4, 0.5) is 0 Å². The maximum absolute atomic E-state index is 12.4. The van der Waals surface area contributed by atoms with Gasteiger partial charge in [0.25, 0.3) is 15.6 Å². The second kappa shape index (κ2) is 5.05. The second-order valence-electron chi connectivity index (χ2n) is 4.43. The molecule has 0 spiro atoms. The van der Waals surface area contributed by atoms with E-state index in [1.165, 1.54) is 25.1 Å². The summed E-state index contributed by atoms with van der Waals surface area (Å²) < 4.78 is 25.4. The molecule has 0 saturated heterocycles. The fourth-order valence-electron chi connectivity index (χ4n) is 1.69. The molecule has 0 fully saturated rings. The summed E-state index contributed by atoms with van der Waals surface area (Å²) >= 11 is 0. The lowest BCUT2D eigenvalue weighted by Gasteiger charge is -2.08. The average molecular weight is 291 g/mol. The van der Waals surface area contributed by atoms with Gasteiger partial charge in [-0.25, -0.2) is 12.4 Å². The van der Waals surface area contributed by atoms with E-state index in [9.17, 15) is 18.0 Å². The monoisotopic (exact) mass is 291 g/mol. The number of benzene rings is 1. The van der Waals surface area contributed by atoms with Crippen LogP contribution in [0.2, 0.25) is 0 Å². The van der Waals surface area contributed by atoms with Crippen molar-refractivity contribution in [3.05, 3.63) is 64.1 Å². The highest BCUT2D eigenvalue weighted by molar-refractivity contribution is 7.90. The Morgan fingerprint density at radius 2 is 1.65 bits per heavy atom. The standard InChI is InChI=1S/C14H13NO4S/c1-10-3-6-13(7-4-10)20(18,19)15-9-12(11(2)16)5-8-14(15)17/h3-9H,1-2H3. The molecule has 2 rings (SSSR count). The average Bonchev–Trinajstić information content (AvgIpc) is 2.39. The third-order valence-corrected chi connectivity index (χ3v) is 4.53. The summed E-state index contributed by atoms with van der Waals surface area (Å²) in [6, 6.07) is 8.53. The number of Topliss-reactive ketones (excluding diaryl/α,β-unsaturated/α-hetero) is 1. The first kappa shape index (κ1) is 14.2. The molecule has 1 aromatic heterocycles. The lowest BCUT2D eigenvalue weighted by atomic mass is 10.2. The number of hydrogen-bond donors (Lipinski definition) is 0. The van der Waals surface area contributed by atoms with Crippen LogP contribution in [-0.2, 0) is 10.0 Å². The van der Waals surface area contributed by atoms with E-state index in [2.05, 4.69) is 0 Å². The molecule has 20 heavy (non-hydrogen) atoms. The van der Waals surface area contributed by atoms with Gasteiger partial charge in [-0.3, -0.25) is 9.59 Å². The highest BCUT2D eigenvalue weighted by Gasteiger charge is 2.19. The smallest absolute Gasteiger partial charge is 0.270 e. The van der Waals surface area contributed by atoms with Gasteiger partial charge >= 0.3 is 0 Å². The Hall–Kier alpha value is -2.21. The lowest BCUT2D eigenvalue weighted by Crippen LogP contribution is -2.27. The van der Waals surface area contributed by atoms with Crippen molar-refractivity contribution in [2.24, 2.45) is 0 Å². The minimum absolute atomic E-state index is 0.00546. The number of pyridine rings is 1. The maximum Gasteiger partial charge on any atom is 0.270 e. The van der Waals surface area contributed by atoms with Gasteiger partial charge in [0, 0.05) is 17.8 Å². The van der Waals surface area contributed by atoms with E-state index in [0.717, 1.165) is 17.8 Å². The zero-order chi connectivity index (χ0) is 14.9. The number of rotatable bonds is 3. The van der Waals surface area contributed by atoms with Crippen molar-refractivity contribution < 1.29 is 13.2 Å². The maximum atomic E-state index is 12.4. The summed E-state index contributed by atoms with van der Waals surface area (Å²) in [5, 5.41) is 0. The quantitative estimate of drug-likeness (QED) is 0.805. The predicted octanol–water partition coefficient (Wildman–Crippen LogP) is 1.60.